The van der Waals surface area contributed by atoms with Crippen LogP contribution in [-0.4, -0.2) is 6.21 Å². The van der Waals surface area contributed by atoms with Crippen molar-refractivity contribution < 1.29 is 72.6 Å². The fourth-order valence-corrected chi connectivity index (χ4v) is 1.61. The van der Waals surface area contributed by atoms with Gasteiger partial charge in [0, 0.05) is 85.0 Å². The zero-order valence-corrected chi connectivity index (χ0v) is 32.3. The Bertz CT molecular complexity index is 637. The van der Waals surface area contributed by atoms with Crippen LogP contribution in [0.4, 0.5) is 0 Å². The van der Waals surface area contributed by atoms with Gasteiger partial charge in [-0.3, -0.25) is 23.2 Å². The van der Waals surface area contributed by atoms with Crippen molar-refractivity contribution in [3.05, 3.63) is 142 Å². The van der Waals surface area contributed by atoms with Crippen LogP contribution < -0.4 is 0 Å². The molecule has 216 valence electrons. The Morgan fingerprint density at radius 2 is 0.973 bits per heavy atom. The van der Waals surface area contributed by atoms with Gasteiger partial charge in [-0.1, -0.05) is 79.3 Å². The van der Waals surface area contributed by atoms with Gasteiger partial charge in [0.05, 0.1) is 0 Å². The molecule has 1 nitrogen and oxygen atoms in total. The van der Waals surface area contributed by atoms with Crippen molar-refractivity contribution >= 4 is 73.7 Å². The van der Waals surface area contributed by atoms with Crippen LogP contribution in [0.2, 0.25) is 0 Å². The van der Waals surface area contributed by atoms with Gasteiger partial charge in [0.2, 0.25) is 0 Å². The van der Waals surface area contributed by atoms with Gasteiger partial charge in [-0.25, -0.2) is 19.1 Å². The van der Waals surface area contributed by atoms with E-state index in [0.717, 1.165) is 25.7 Å². The molecule has 0 spiro atoms. The molecule has 3 aliphatic rings. The average molecular weight is 766 g/mol. The van der Waals surface area contributed by atoms with Gasteiger partial charge in [0.25, 0.3) is 0 Å². The molecule has 0 aromatic rings. The molecule has 0 aromatic heterocycles. The second-order valence-electron chi connectivity index (χ2n) is 5.57. The van der Waals surface area contributed by atoms with E-state index in [-0.39, 0.29) is 140 Å². The third kappa shape index (κ3) is 72.4. The number of allylic oxidation sites excluding steroid dienone is 18. The molecule has 0 saturated carbocycles. The minimum atomic E-state index is 0. The molecule has 0 unspecified atom stereocenters. The van der Waals surface area contributed by atoms with E-state index in [0.29, 0.717) is 6.42 Å². The molecule has 0 amide bonds. The Balaban J connectivity index is -0.0000000182. The topological polar surface area (TPSA) is 12.4 Å². The largest absolute Gasteiger partial charge is 0.519 e. The predicted octanol–water partition coefficient (Wildman–Crippen LogP) is 9.99. The molecule has 0 bridgehead atoms. The SMILES string of the molecule is C1=CC=CCC=C1.C1=CCC=C1.C1=CCC=CN=C1.S.S.S.S.S.[3HH].[3HH].[3HH].[3HH].[3HH].[CH-]=CCC=C[CH2-].[CH-]=CCC=[CH-].[Y].[Y]. The summed E-state index contributed by atoms with van der Waals surface area (Å²) < 4.78 is 0. The van der Waals surface area contributed by atoms with Crippen LogP contribution in [0.15, 0.2) is 121 Å². The smallest absolute Gasteiger partial charge is 0.0264 e. The summed E-state index contributed by atoms with van der Waals surface area (Å²) >= 11 is 0. The summed E-state index contributed by atoms with van der Waals surface area (Å²) in [5, 5.41) is 0. The van der Waals surface area contributed by atoms with Crippen LogP contribution in [0.25, 0.3) is 0 Å². The van der Waals surface area contributed by atoms with E-state index in [1.54, 1.807) is 24.6 Å². The van der Waals surface area contributed by atoms with Crippen LogP contribution >= 0.6 is 67.5 Å². The summed E-state index contributed by atoms with van der Waals surface area (Å²) in [5.41, 5.74) is 0. The quantitative estimate of drug-likeness (QED) is 0.253. The van der Waals surface area contributed by atoms with Crippen molar-refractivity contribution in [1.82, 2.24) is 0 Å². The molecule has 1 heterocycles. The Labute approximate surface area is 321 Å². The number of hydrogen-bond donors (Lipinski definition) is 0. The molecule has 2 radical (unpaired) electrons. The molecule has 3 rings (SSSR count). The first-order chi connectivity index (χ1) is 14.8. The van der Waals surface area contributed by atoms with Crippen LogP contribution in [0.3, 0.4) is 0 Å². The second-order valence-corrected chi connectivity index (χ2v) is 5.57. The number of nitrogens with zero attached hydrogens (tertiary/aromatic N) is 1. The average Bonchev–Trinajstić information content (AvgIpc) is 3.04. The molecular weight excluding hydrogens is 700 g/mol. The van der Waals surface area contributed by atoms with Gasteiger partial charge in [0.1, 0.15) is 0 Å². The van der Waals surface area contributed by atoms with Crippen molar-refractivity contribution in [3.8, 4) is 0 Å². The molecule has 0 fully saturated rings. The Hall–Kier alpha value is 0.638. The zero-order valence-electron chi connectivity index (χ0n) is 21.6. The molecule has 2 aliphatic carbocycles. The van der Waals surface area contributed by atoms with E-state index >= 15 is 0 Å². The van der Waals surface area contributed by atoms with Crippen molar-refractivity contribution in [3.63, 3.8) is 0 Å². The van der Waals surface area contributed by atoms with E-state index in [1.807, 2.05) is 30.4 Å². The van der Waals surface area contributed by atoms with Crippen molar-refractivity contribution in [2.75, 3.05) is 0 Å². The summed E-state index contributed by atoms with van der Waals surface area (Å²) in [4.78, 5) is 3.88. The Morgan fingerprint density at radius 1 is 0.595 bits per heavy atom. The molecule has 0 saturated heterocycles. The van der Waals surface area contributed by atoms with Crippen molar-refractivity contribution in [1.29, 1.82) is 0 Å². The molecule has 1 aliphatic heterocycles. The third-order valence-corrected chi connectivity index (χ3v) is 3.02. The van der Waals surface area contributed by atoms with Gasteiger partial charge >= 0.3 is 0 Å². The maximum Gasteiger partial charge on any atom is 0.0264 e. The van der Waals surface area contributed by atoms with Crippen LogP contribution in [0.1, 0.15) is 39.2 Å². The monoisotopic (exact) mass is 765 g/mol. The van der Waals surface area contributed by atoms with Gasteiger partial charge in [-0.15, -0.1) is 6.42 Å². The molecule has 0 N–H and O–H groups in total. The molecule has 0 atom stereocenters. The molecule has 8 heteroatoms. The van der Waals surface area contributed by atoms with Crippen LogP contribution in [0, 0.1) is 26.7 Å². The summed E-state index contributed by atoms with van der Waals surface area (Å²) in [6, 6.07) is 0. The molecular formula is C29H55NS5Y2-4. The van der Waals surface area contributed by atoms with E-state index in [4.69, 9.17) is 19.7 Å². The number of hydrogen-bond acceptors (Lipinski definition) is 1. The maximum absolute atomic E-state index is 5.01. The van der Waals surface area contributed by atoms with E-state index in [2.05, 4.69) is 66.6 Å². The zero-order chi connectivity index (χ0) is 22.4. The van der Waals surface area contributed by atoms with Crippen molar-refractivity contribution in [2.24, 2.45) is 4.99 Å². The Kier molecular flexibility index (Phi) is 109. The van der Waals surface area contributed by atoms with Crippen LogP contribution in [0.5, 0.6) is 0 Å². The summed E-state index contributed by atoms with van der Waals surface area (Å²) in [7, 11) is 0. The first-order valence-electron chi connectivity index (χ1n) is 10.0. The Morgan fingerprint density at radius 3 is 1.32 bits per heavy atom. The fraction of sp³-hybridized carbons (Fsp3) is 0.172. The standard InChI is InChI=1S/C7H8.C6H7N.C6H8.2C5H6.5H2S.2Y.5H2/c2*1-2-4-6-7-5-3-1;1-3-5-6-4-2;1-2-4-5-3-1;1-3-5-4-2;;;;;;;;;;;;/h1-6H,7H2;1,3-6H,2H2;1,3-4,6H,2,5H2;2*1-4H,5H2;5*1H2;;;5*1H/q;;-2;;-2;;;;;;;;;;;;/i;;;;;;;;;;;;5*1+2. The first kappa shape index (κ1) is 61.6. The van der Waals surface area contributed by atoms with Gasteiger partial charge in [-0.2, -0.15) is 67.5 Å². The van der Waals surface area contributed by atoms with Gasteiger partial charge in [0.15, 0.2) is 0 Å². The van der Waals surface area contributed by atoms with E-state index in [1.165, 1.54) is 12.2 Å². The first-order valence-corrected chi connectivity index (χ1v) is 10.0. The minimum absolute atomic E-state index is 0. The molecule has 0 aromatic carbocycles. The third-order valence-electron chi connectivity index (χ3n) is 3.02. The normalized spacial score (nSPS) is 11.2. The summed E-state index contributed by atoms with van der Waals surface area (Å²) in [6.07, 6.45) is 43.3. The van der Waals surface area contributed by atoms with E-state index < -0.39 is 0 Å². The van der Waals surface area contributed by atoms with Crippen molar-refractivity contribution in [2.45, 2.75) is 32.1 Å². The minimum Gasteiger partial charge on any atom is -0.519 e. The summed E-state index contributed by atoms with van der Waals surface area (Å²) in [5.74, 6) is 0. The second kappa shape index (κ2) is 65.6. The molecule has 37 heavy (non-hydrogen) atoms. The fourth-order valence-electron chi connectivity index (χ4n) is 1.61. The van der Waals surface area contributed by atoms with E-state index in [9.17, 15) is 0 Å². The maximum atomic E-state index is 5.01. The number of aliphatic imine (C=N–C) groups is 1. The number of rotatable bonds is 4. The predicted molar refractivity (Wildman–Crippen MR) is 199 cm³/mol. The van der Waals surface area contributed by atoms with Crippen LogP contribution in [-0.2, 0) is 65.4 Å². The van der Waals surface area contributed by atoms with Gasteiger partial charge < -0.3 is 19.7 Å². The summed E-state index contributed by atoms with van der Waals surface area (Å²) in [6.45, 7) is 18.3. The van der Waals surface area contributed by atoms with Gasteiger partial charge in [-0.05, 0) is 25.3 Å².